The highest BCUT2D eigenvalue weighted by Gasteiger charge is 2.29. The largest absolute Gasteiger partial charge is 0.368 e. The van der Waals surface area contributed by atoms with Crippen molar-refractivity contribution in [3.63, 3.8) is 0 Å². The molecule has 1 atom stereocenters. The summed E-state index contributed by atoms with van der Waals surface area (Å²) in [5, 5.41) is 3.18. The predicted molar refractivity (Wildman–Crippen MR) is 92.3 cm³/mol. The molecule has 0 saturated carbocycles. The molecule has 0 radical (unpaired) electrons. The van der Waals surface area contributed by atoms with Crippen LogP contribution in [0.25, 0.3) is 0 Å². The molecule has 2 fully saturated rings. The Morgan fingerprint density at radius 3 is 2.35 bits per heavy atom. The fourth-order valence-corrected chi connectivity index (χ4v) is 2.76. The maximum atomic E-state index is 12.9. The minimum atomic E-state index is -0.351. The number of anilines is 1. The number of ether oxygens (including phenoxy) is 1. The van der Waals surface area contributed by atoms with Crippen LogP contribution >= 0.6 is 24.8 Å². The molecule has 2 heterocycles. The molecule has 3 rings (SSSR count). The number of halogens is 3. The van der Waals surface area contributed by atoms with Crippen LogP contribution < -0.4 is 10.2 Å². The Morgan fingerprint density at radius 1 is 1.13 bits per heavy atom. The van der Waals surface area contributed by atoms with Crippen LogP contribution in [0.5, 0.6) is 0 Å². The molecule has 1 aromatic rings. The molecule has 1 amide bonds. The number of amides is 1. The van der Waals surface area contributed by atoms with E-state index in [0.29, 0.717) is 26.2 Å². The van der Waals surface area contributed by atoms with Crippen molar-refractivity contribution in [3.05, 3.63) is 30.1 Å². The van der Waals surface area contributed by atoms with Gasteiger partial charge in [-0.25, -0.2) is 4.39 Å². The first-order valence-electron chi connectivity index (χ1n) is 7.36. The average molecular weight is 366 g/mol. The number of benzene rings is 1. The Balaban J connectivity index is 0.00000132. The molecule has 0 aliphatic carbocycles. The molecule has 2 aliphatic rings. The number of morpholine rings is 1. The highest BCUT2D eigenvalue weighted by Crippen LogP contribution is 2.17. The van der Waals surface area contributed by atoms with Crippen molar-refractivity contribution in [2.24, 2.45) is 0 Å². The molecule has 1 N–H and O–H groups in total. The van der Waals surface area contributed by atoms with Gasteiger partial charge in [-0.05, 0) is 24.3 Å². The summed E-state index contributed by atoms with van der Waals surface area (Å²) in [5.74, 6) is -0.157. The Labute approximate surface area is 148 Å². The summed E-state index contributed by atoms with van der Waals surface area (Å²) in [6.07, 6.45) is -0.351. The molecule has 8 heteroatoms. The second-order valence-electron chi connectivity index (χ2n) is 5.35. The summed E-state index contributed by atoms with van der Waals surface area (Å²) in [6.45, 7) is 4.87. The van der Waals surface area contributed by atoms with Gasteiger partial charge in [-0.15, -0.1) is 24.8 Å². The van der Waals surface area contributed by atoms with Crippen LogP contribution in [-0.2, 0) is 9.53 Å². The molecule has 23 heavy (non-hydrogen) atoms. The van der Waals surface area contributed by atoms with Gasteiger partial charge in [-0.1, -0.05) is 0 Å². The first-order chi connectivity index (χ1) is 10.2. The molecule has 0 bridgehead atoms. The van der Waals surface area contributed by atoms with E-state index in [0.717, 1.165) is 25.3 Å². The van der Waals surface area contributed by atoms with Gasteiger partial charge in [-0.3, -0.25) is 4.79 Å². The van der Waals surface area contributed by atoms with Crippen LogP contribution in [0.15, 0.2) is 24.3 Å². The van der Waals surface area contributed by atoms with Gasteiger partial charge in [0.25, 0.3) is 5.91 Å². The highest BCUT2D eigenvalue weighted by molar-refractivity contribution is 5.85. The van der Waals surface area contributed by atoms with Crippen LogP contribution in [0.1, 0.15) is 0 Å². The number of nitrogens with zero attached hydrogens (tertiary/aromatic N) is 2. The Kier molecular flexibility index (Phi) is 8.05. The quantitative estimate of drug-likeness (QED) is 0.857. The van der Waals surface area contributed by atoms with E-state index in [1.807, 2.05) is 4.90 Å². The molecule has 2 saturated heterocycles. The minimum Gasteiger partial charge on any atom is -0.368 e. The lowest BCUT2D eigenvalue weighted by Gasteiger charge is -2.38. The standard InChI is InChI=1S/C15H20FN3O2.2ClH/c16-12-1-3-13(4-2-12)18-6-8-19(9-7-18)15(20)14-11-17-5-10-21-14;;/h1-4,14,17H,5-11H2;2*1H. The van der Waals surface area contributed by atoms with Gasteiger partial charge in [0.1, 0.15) is 11.9 Å². The summed E-state index contributed by atoms with van der Waals surface area (Å²) in [6, 6.07) is 6.49. The third-order valence-electron chi connectivity index (χ3n) is 3.99. The molecule has 2 aliphatic heterocycles. The fourth-order valence-electron chi connectivity index (χ4n) is 2.76. The van der Waals surface area contributed by atoms with Crippen molar-refractivity contribution in [3.8, 4) is 0 Å². The summed E-state index contributed by atoms with van der Waals surface area (Å²) in [7, 11) is 0. The maximum absolute atomic E-state index is 12.9. The average Bonchev–Trinajstić information content (AvgIpc) is 2.56. The normalized spacial score (nSPS) is 21.2. The third-order valence-corrected chi connectivity index (χ3v) is 3.99. The molecular weight excluding hydrogens is 344 g/mol. The van der Waals surface area contributed by atoms with Crippen molar-refractivity contribution >= 4 is 36.4 Å². The number of piperazine rings is 1. The van der Waals surface area contributed by atoms with Gasteiger partial charge < -0.3 is 19.9 Å². The molecule has 130 valence electrons. The van der Waals surface area contributed by atoms with Gasteiger partial charge in [0.15, 0.2) is 0 Å². The van der Waals surface area contributed by atoms with E-state index in [1.54, 1.807) is 12.1 Å². The van der Waals surface area contributed by atoms with E-state index in [2.05, 4.69) is 10.2 Å². The van der Waals surface area contributed by atoms with Crippen molar-refractivity contribution in [2.75, 3.05) is 50.8 Å². The lowest BCUT2D eigenvalue weighted by atomic mass is 10.2. The number of carbonyl (C=O) groups is 1. The predicted octanol–water partition coefficient (Wildman–Crippen LogP) is 1.31. The third kappa shape index (κ3) is 4.94. The number of nitrogens with one attached hydrogen (secondary N) is 1. The molecule has 0 aromatic heterocycles. The summed E-state index contributed by atoms with van der Waals surface area (Å²) in [5.41, 5.74) is 0.999. The van der Waals surface area contributed by atoms with Crippen LogP contribution in [0.4, 0.5) is 10.1 Å². The van der Waals surface area contributed by atoms with E-state index in [4.69, 9.17) is 4.74 Å². The van der Waals surface area contributed by atoms with Crippen LogP contribution in [0.2, 0.25) is 0 Å². The minimum absolute atomic E-state index is 0. The topological polar surface area (TPSA) is 44.8 Å². The first kappa shape index (κ1) is 20.0. The number of hydrogen-bond donors (Lipinski definition) is 1. The number of hydrogen-bond acceptors (Lipinski definition) is 4. The second kappa shape index (κ2) is 9.27. The Hall–Kier alpha value is -1.08. The van der Waals surface area contributed by atoms with E-state index < -0.39 is 0 Å². The SMILES string of the molecule is Cl.Cl.O=C(C1CNCCO1)N1CCN(c2ccc(F)cc2)CC1. The molecule has 0 spiro atoms. The van der Waals surface area contributed by atoms with Gasteiger partial charge in [-0.2, -0.15) is 0 Å². The molecular formula is C15H22Cl2FN3O2. The Morgan fingerprint density at radius 2 is 1.78 bits per heavy atom. The monoisotopic (exact) mass is 365 g/mol. The highest BCUT2D eigenvalue weighted by atomic mass is 35.5. The van der Waals surface area contributed by atoms with Gasteiger partial charge in [0, 0.05) is 45.0 Å². The van der Waals surface area contributed by atoms with E-state index in [-0.39, 0.29) is 42.6 Å². The fraction of sp³-hybridized carbons (Fsp3) is 0.533. The summed E-state index contributed by atoms with van der Waals surface area (Å²) in [4.78, 5) is 16.4. The van der Waals surface area contributed by atoms with Gasteiger partial charge in [0.2, 0.25) is 0 Å². The lowest BCUT2D eigenvalue weighted by molar-refractivity contribution is -0.145. The zero-order valence-corrected chi connectivity index (χ0v) is 14.4. The van der Waals surface area contributed by atoms with Crippen molar-refractivity contribution < 1.29 is 13.9 Å². The smallest absolute Gasteiger partial charge is 0.253 e. The zero-order chi connectivity index (χ0) is 14.7. The maximum Gasteiger partial charge on any atom is 0.253 e. The number of rotatable bonds is 2. The molecule has 1 aromatic carbocycles. The van der Waals surface area contributed by atoms with Gasteiger partial charge in [0.05, 0.1) is 6.61 Å². The number of carbonyl (C=O) groups excluding carboxylic acids is 1. The van der Waals surface area contributed by atoms with Crippen molar-refractivity contribution in [1.82, 2.24) is 10.2 Å². The van der Waals surface area contributed by atoms with E-state index in [1.165, 1.54) is 12.1 Å². The summed E-state index contributed by atoms with van der Waals surface area (Å²) >= 11 is 0. The Bertz CT molecular complexity index is 490. The van der Waals surface area contributed by atoms with Crippen LogP contribution in [0.3, 0.4) is 0 Å². The van der Waals surface area contributed by atoms with E-state index in [9.17, 15) is 9.18 Å². The summed E-state index contributed by atoms with van der Waals surface area (Å²) < 4.78 is 18.4. The molecule has 1 unspecified atom stereocenters. The van der Waals surface area contributed by atoms with Crippen molar-refractivity contribution in [2.45, 2.75) is 6.10 Å². The van der Waals surface area contributed by atoms with Gasteiger partial charge >= 0.3 is 0 Å². The van der Waals surface area contributed by atoms with Crippen molar-refractivity contribution in [1.29, 1.82) is 0 Å². The second-order valence-corrected chi connectivity index (χ2v) is 5.35. The van der Waals surface area contributed by atoms with Crippen LogP contribution in [-0.4, -0.2) is 62.8 Å². The lowest BCUT2D eigenvalue weighted by Crippen LogP contribution is -2.55. The van der Waals surface area contributed by atoms with Crippen LogP contribution in [0, 0.1) is 5.82 Å². The zero-order valence-electron chi connectivity index (χ0n) is 12.7. The molecule has 5 nitrogen and oxygen atoms in total. The first-order valence-corrected chi connectivity index (χ1v) is 7.36. The van der Waals surface area contributed by atoms with E-state index >= 15 is 0 Å².